The molecule has 0 heterocycles. The standard InChI is InChI=1S/C12H9ClF2N2O2S/c13-7-1-3-10(16)12(5-7)20(18,19)17-11-4-2-8(14)6-9(11)15/h1-6,17H,16H2. The van der Waals surface area contributed by atoms with Crippen molar-refractivity contribution in [3.8, 4) is 0 Å². The van der Waals surface area contributed by atoms with Gasteiger partial charge >= 0.3 is 0 Å². The molecular weight excluding hydrogens is 310 g/mol. The highest BCUT2D eigenvalue weighted by Gasteiger charge is 2.19. The monoisotopic (exact) mass is 318 g/mol. The van der Waals surface area contributed by atoms with Crippen molar-refractivity contribution in [1.29, 1.82) is 0 Å². The van der Waals surface area contributed by atoms with Crippen molar-refractivity contribution in [1.82, 2.24) is 0 Å². The molecule has 0 atom stereocenters. The summed E-state index contributed by atoms with van der Waals surface area (Å²) in [6, 6.07) is 6.36. The molecule has 3 N–H and O–H groups in total. The van der Waals surface area contributed by atoms with Gasteiger partial charge in [-0.2, -0.15) is 0 Å². The van der Waals surface area contributed by atoms with Crippen LogP contribution in [0.15, 0.2) is 41.3 Å². The molecule has 106 valence electrons. The minimum Gasteiger partial charge on any atom is -0.398 e. The van der Waals surface area contributed by atoms with Gasteiger partial charge in [-0.3, -0.25) is 4.72 Å². The summed E-state index contributed by atoms with van der Waals surface area (Å²) in [7, 11) is -4.12. The van der Waals surface area contributed by atoms with Crippen LogP contribution < -0.4 is 10.5 Å². The first-order chi connectivity index (χ1) is 9.29. The van der Waals surface area contributed by atoms with Crippen molar-refractivity contribution in [3.63, 3.8) is 0 Å². The number of rotatable bonds is 3. The molecule has 0 aliphatic heterocycles. The number of nitrogens with two attached hydrogens (primary N) is 1. The fourth-order valence-electron chi connectivity index (χ4n) is 1.51. The highest BCUT2D eigenvalue weighted by atomic mass is 35.5. The number of benzene rings is 2. The molecule has 0 fully saturated rings. The Labute approximate surface area is 119 Å². The Morgan fingerprint density at radius 1 is 1.10 bits per heavy atom. The first-order valence-electron chi connectivity index (χ1n) is 5.32. The summed E-state index contributed by atoms with van der Waals surface area (Å²) < 4.78 is 52.4. The zero-order valence-electron chi connectivity index (χ0n) is 9.90. The Balaban J connectivity index is 2.43. The van der Waals surface area contributed by atoms with Crippen molar-refractivity contribution < 1.29 is 17.2 Å². The average Bonchev–Trinajstić information content (AvgIpc) is 2.35. The highest BCUT2D eigenvalue weighted by molar-refractivity contribution is 7.92. The quantitative estimate of drug-likeness (QED) is 0.854. The van der Waals surface area contributed by atoms with E-state index in [1.165, 1.54) is 12.1 Å². The lowest BCUT2D eigenvalue weighted by molar-refractivity contribution is 0.583. The molecule has 0 saturated carbocycles. The van der Waals surface area contributed by atoms with Crippen molar-refractivity contribution in [3.05, 3.63) is 53.1 Å². The molecule has 0 aliphatic carbocycles. The van der Waals surface area contributed by atoms with Gasteiger partial charge in [-0.25, -0.2) is 17.2 Å². The first-order valence-corrected chi connectivity index (χ1v) is 7.18. The lowest BCUT2D eigenvalue weighted by atomic mass is 10.3. The second-order valence-corrected chi connectivity index (χ2v) is 6.00. The van der Waals surface area contributed by atoms with Crippen LogP contribution in [0.3, 0.4) is 0 Å². The normalized spacial score (nSPS) is 11.3. The summed E-state index contributed by atoms with van der Waals surface area (Å²) in [5, 5.41) is 0.166. The number of sulfonamides is 1. The maximum Gasteiger partial charge on any atom is 0.264 e. The summed E-state index contributed by atoms with van der Waals surface area (Å²) in [5.74, 6) is -1.85. The van der Waals surface area contributed by atoms with Crippen LogP contribution in [0.25, 0.3) is 0 Å². The van der Waals surface area contributed by atoms with Crippen LogP contribution in [0.5, 0.6) is 0 Å². The van der Waals surface area contributed by atoms with Crippen LogP contribution in [0.2, 0.25) is 5.02 Å². The number of halogens is 3. The number of anilines is 2. The predicted molar refractivity (Wildman–Crippen MR) is 73.0 cm³/mol. The Hall–Kier alpha value is -1.86. The molecule has 8 heteroatoms. The van der Waals surface area contributed by atoms with E-state index < -0.39 is 21.7 Å². The van der Waals surface area contributed by atoms with Crippen LogP contribution in [0.4, 0.5) is 20.2 Å². The van der Waals surface area contributed by atoms with Crippen LogP contribution in [0.1, 0.15) is 0 Å². The summed E-state index contributed by atoms with van der Waals surface area (Å²) >= 11 is 5.71. The molecule has 0 spiro atoms. The number of hydrogen-bond acceptors (Lipinski definition) is 3. The van der Waals surface area contributed by atoms with Crippen LogP contribution >= 0.6 is 11.6 Å². The molecule has 0 saturated heterocycles. The van der Waals surface area contributed by atoms with E-state index in [0.29, 0.717) is 6.07 Å². The number of nitrogen functional groups attached to an aromatic ring is 1. The summed E-state index contributed by atoms with van der Waals surface area (Å²) in [4.78, 5) is -0.284. The molecule has 0 unspecified atom stereocenters. The van der Waals surface area contributed by atoms with Gasteiger partial charge in [0, 0.05) is 11.1 Å². The fourth-order valence-corrected chi connectivity index (χ4v) is 2.98. The van der Waals surface area contributed by atoms with Crippen molar-refractivity contribution in [2.75, 3.05) is 10.5 Å². The van der Waals surface area contributed by atoms with E-state index in [1.54, 1.807) is 0 Å². The topological polar surface area (TPSA) is 72.2 Å². The van der Waals surface area contributed by atoms with Crippen LogP contribution in [-0.4, -0.2) is 8.42 Å². The van der Waals surface area contributed by atoms with Gasteiger partial charge in [0.25, 0.3) is 10.0 Å². The predicted octanol–water partition coefficient (Wildman–Crippen LogP) is 3.00. The minimum absolute atomic E-state index is 0.0376. The third-order valence-corrected chi connectivity index (χ3v) is 4.10. The second-order valence-electron chi connectivity index (χ2n) is 3.91. The fraction of sp³-hybridized carbons (Fsp3) is 0. The largest absolute Gasteiger partial charge is 0.398 e. The van der Waals surface area contributed by atoms with E-state index in [0.717, 1.165) is 18.2 Å². The first kappa shape index (κ1) is 14.5. The van der Waals surface area contributed by atoms with Gasteiger partial charge in [-0.15, -0.1) is 0 Å². The third-order valence-electron chi connectivity index (χ3n) is 2.44. The van der Waals surface area contributed by atoms with Crippen LogP contribution in [0, 0.1) is 11.6 Å². The van der Waals surface area contributed by atoms with Gasteiger partial charge in [0.1, 0.15) is 16.5 Å². The Kier molecular flexibility index (Phi) is 3.82. The van der Waals surface area contributed by atoms with E-state index in [9.17, 15) is 17.2 Å². The lowest BCUT2D eigenvalue weighted by Crippen LogP contribution is -2.15. The molecule has 0 aliphatic rings. The Morgan fingerprint density at radius 3 is 2.45 bits per heavy atom. The molecule has 0 aromatic heterocycles. The van der Waals surface area contributed by atoms with Gasteiger partial charge in [0.2, 0.25) is 0 Å². The highest BCUT2D eigenvalue weighted by Crippen LogP contribution is 2.26. The molecule has 2 aromatic carbocycles. The Bertz CT molecular complexity index is 766. The van der Waals surface area contributed by atoms with Crippen molar-refractivity contribution in [2.24, 2.45) is 0 Å². The maximum absolute atomic E-state index is 13.5. The minimum atomic E-state index is -4.12. The van der Waals surface area contributed by atoms with E-state index in [2.05, 4.69) is 0 Å². The second kappa shape index (κ2) is 5.26. The summed E-state index contributed by atoms with van der Waals surface area (Å²) in [5.41, 5.74) is 5.14. The van der Waals surface area contributed by atoms with E-state index in [-0.39, 0.29) is 21.3 Å². The number of hydrogen-bond donors (Lipinski definition) is 2. The lowest BCUT2D eigenvalue weighted by Gasteiger charge is -2.11. The molecule has 0 amide bonds. The van der Waals surface area contributed by atoms with Gasteiger partial charge in [-0.1, -0.05) is 11.6 Å². The summed E-state index contributed by atoms with van der Waals surface area (Å²) in [6.07, 6.45) is 0. The summed E-state index contributed by atoms with van der Waals surface area (Å²) in [6.45, 7) is 0. The van der Waals surface area contributed by atoms with Crippen molar-refractivity contribution >= 4 is 33.0 Å². The van der Waals surface area contributed by atoms with Gasteiger partial charge in [0.05, 0.1) is 11.4 Å². The van der Waals surface area contributed by atoms with E-state index in [1.807, 2.05) is 4.72 Å². The molecule has 2 aromatic rings. The van der Waals surface area contributed by atoms with Crippen LogP contribution in [-0.2, 0) is 10.0 Å². The molecule has 2 rings (SSSR count). The maximum atomic E-state index is 13.5. The SMILES string of the molecule is Nc1ccc(Cl)cc1S(=O)(=O)Nc1ccc(F)cc1F. The zero-order valence-corrected chi connectivity index (χ0v) is 11.5. The molecule has 0 radical (unpaired) electrons. The van der Waals surface area contributed by atoms with Crippen molar-refractivity contribution in [2.45, 2.75) is 4.90 Å². The molecular formula is C12H9ClF2N2O2S. The average molecular weight is 319 g/mol. The van der Waals surface area contributed by atoms with E-state index >= 15 is 0 Å². The Morgan fingerprint density at radius 2 is 1.80 bits per heavy atom. The van der Waals surface area contributed by atoms with Gasteiger partial charge in [0.15, 0.2) is 0 Å². The zero-order chi connectivity index (χ0) is 14.9. The third kappa shape index (κ3) is 3.00. The molecule has 0 bridgehead atoms. The van der Waals surface area contributed by atoms with Gasteiger partial charge in [-0.05, 0) is 30.3 Å². The number of nitrogens with one attached hydrogen (secondary N) is 1. The molecule has 20 heavy (non-hydrogen) atoms. The van der Waals surface area contributed by atoms with E-state index in [4.69, 9.17) is 17.3 Å². The van der Waals surface area contributed by atoms with Gasteiger partial charge < -0.3 is 5.73 Å². The molecule has 4 nitrogen and oxygen atoms in total. The smallest absolute Gasteiger partial charge is 0.264 e.